The molecule has 0 radical (unpaired) electrons. The van der Waals surface area contributed by atoms with E-state index in [0.29, 0.717) is 28.6 Å². The lowest BCUT2D eigenvalue weighted by Gasteiger charge is -2.37. The number of benzene rings is 1. The number of carbonyl (C=O) groups excluding carboxylic acids is 1. The van der Waals surface area contributed by atoms with E-state index in [1.165, 1.54) is 7.11 Å². The molecule has 1 aliphatic heterocycles. The molecule has 1 fully saturated rings. The summed E-state index contributed by atoms with van der Waals surface area (Å²) in [5.74, 6) is 0.199. The van der Waals surface area contributed by atoms with Crippen molar-refractivity contribution >= 4 is 22.5 Å². The van der Waals surface area contributed by atoms with E-state index in [1.807, 2.05) is 19.2 Å². The summed E-state index contributed by atoms with van der Waals surface area (Å²) in [7, 11) is 1.51. The Bertz CT molecular complexity index is 1210. The molecule has 3 heterocycles. The van der Waals surface area contributed by atoms with Gasteiger partial charge in [0, 0.05) is 42.4 Å². The molecule has 4 rings (SSSR count). The molecule has 1 aromatic carbocycles. The summed E-state index contributed by atoms with van der Waals surface area (Å²) < 4.78 is 10.9. The number of nitrogens with one attached hydrogen (secondary N) is 3. The number of carbonyl (C=O) groups is 1. The number of ether oxygens (including phenoxy) is 2. The number of nitrogens with zero attached hydrogens (tertiary/aromatic N) is 2. The van der Waals surface area contributed by atoms with Gasteiger partial charge >= 0.3 is 0 Å². The van der Waals surface area contributed by atoms with E-state index in [2.05, 4.69) is 32.3 Å². The SMILES string of the molecule is CCN(c1c(C)c(C(=O)NCc2c(OC)cc(C)[nH]c2=O)cc2[nH]ncc12)C1CCOCC1. The van der Waals surface area contributed by atoms with Crippen molar-refractivity contribution in [2.75, 3.05) is 31.8 Å². The Morgan fingerprint density at radius 3 is 2.76 bits per heavy atom. The number of methoxy groups -OCH3 is 1. The van der Waals surface area contributed by atoms with Crippen molar-refractivity contribution < 1.29 is 14.3 Å². The number of rotatable bonds is 7. The van der Waals surface area contributed by atoms with Gasteiger partial charge in [-0.1, -0.05) is 0 Å². The molecule has 0 aliphatic carbocycles. The largest absolute Gasteiger partial charge is 0.496 e. The van der Waals surface area contributed by atoms with Crippen LogP contribution in [-0.2, 0) is 11.3 Å². The normalized spacial score (nSPS) is 14.4. The summed E-state index contributed by atoms with van der Waals surface area (Å²) in [5.41, 5.74) is 4.07. The molecule has 0 bridgehead atoms. The second-order valence-electron chi connectivity index (χ2n) is 8.37. The van der Waals surface area contributed by atoms with Gasteiger partial charge in [0.25, 0.3) is 11.5 Å². The molecule has 0 spiro atoms. The van der Waals surface area contributed by atoms with Crippen LogP contribution in [0.5, 0.6) is 5.75 Å². The van der Waals surface area contributed by atoms with Crippen LogP contribution in [0.3, 0.4) is 0 Å². The van der Waals surface area contributed by atoms with Crippen molar-refractivity contribution in [2.24, 2.45) is 0 Å². The van der Waals surface area contributed by atoms with Crippen molar-refractivity contribution in [1.29, 1.82) is 0 Å². The van der Waals surface area contributed by atoms with Crippen LogP contribution in [0.4, 0.5) is 5.69 Å². The quantitative estimate of drug-likeness (QED) is 0.507. The maximum atomic E-state index is 13.3. The fourth-order valence-corrected chi connectivity index (χ4v) is 4.68. The van der Waals surface area contributed by atoms with Gasteiger partial charge in [-0.2, -0.15) is 5.10 Å². The minimum Gasteiger partial charge on any atom is -0.496 e. The van der Waals surface area contributed by atoms with Crippen LogP contribution in [0.15, 0.2) is 23.1 Å². The molecule has 9 nitrogen and oxygen atoms in total. The summed E-state index contributed by atoms with van der Waals surface area (Å²) in [6.07, 6.45) is 3.70. The van der Waals surface area contributed by atoms with Gasteiger partial charge in [-0.15, -0.1) is 0 Å². The van der Waals surface area contributed by atoms with Crippen molar-refractivity contribution in [3.8, 4) is 5.75 Å². The van der Waals surface area contributed by atoms with Crippen LogP contribution < -0.4 is 20.5 Å². The standard InChI is InChI=1S/C24H31N5O4/c1-5-29(16-6-8-33-9-7-16)22-15(3)17(11-20-18(22)13-26-28-20)23(30)25-12-19-21(32-4)10-14(2)27-24(19)31/h10-11,13,16H,5-9,12H2,1-4H3,(H,25,30)(H,26,28)(H,27,31). The van der Waals surface area contributed by atoms with Gasteiger partial charge in [0.2, 0.25) is 0 Å². The molecule has 1 amide bonds. The second kappa shape index (κ2) is 9.66. The van der Waals surface area contributed by atoms with Crippen molar-refractivity contribution in [3.05, 3.63) is 51.1 Å². The van der Waals surface area contributed by atoms with Crippen LogP contribution in [-0.4, -0.2) is 54.0 Å². The summed E-state index contributed by atoms with van der Waals surface area (Å²) in [6.45, 7) is 8.23. The maximum Gasteiger partial charge on any atom is 0.256 e. The monoisotopic (exact) mass is 453 g/mol. The van der Waals surface area contributed by atoms with E-state index in [-0.39, 0.29) is 18.0 Å². The average Bonchev–Trinajstić information content (AvgIpc) is 3.28. The summed E-state index contributed by atoms with van der Waals surface area (Å²) in [5, 5.41) is 11.1. The molecule has 0 unspecified atom stereocenters. The highest BCUT2D eigenvalue weighted by molar-refractivity contribution is 6.05. The van der Waals surface area contributed by atoms with E-state index in [0.717, 1.165) is 54.8 Å². The van der Waals surface area contributed by atoms with Crippen molar-refractivity contribution in [2.45, 2.75) is 46.2 Å². The summed E-state index contributed by atoms with van der Waals surface area (Å²) in [6, 6.07) is 3.91. The fraction of sp³-hybridized carbons (Fsp3) is 0.458. The first-order valence-electron chi connectivity index (χ1n) is 11.3. The third kappa shape index (κ3) is 4.45. The number of hydrogen-bond donors (Lipinski definition) is 3. The van der Waals surface area contributed by atoms with Gasteiger partial charge in [0.1, 0.15) is 5.75 Å². The van der Waals surface area contributed by atoms with E-state index in [4.69, 9.17) is 9.47 Å². The predicted octanol–water partition coefficient (Wildman–Crippen LogP) is 2.81. The Hall–Kier alpha value is -3.33. The Balaban J connectivity index is 1.68. The molecule has 33 heavy (non-hydrogen) atoms. The third-order valence-corrected chi connectivity index (χ3v) is 6.35. The minimum absolute atomic E-state index is 0.0604. The van der Waals surface area contributed by atoms with Crippen LogP contribution in [0.2, 0.25) is 0 Å². The molecule has 0 saturated carbocycles. The summed E-state index contributed by atoms with van der Waals surface area (Å²) >= 11 is 0. The van der Waals surface area contributed by atoms with Gasteiger partial charge in [0.05, 0.1) is 36.6 Å². The Morgan fingerprint density at radius 1 is 1.30 bits per heavy atom. The number of anilines is 1. The lowest BCUT2D eigenvalue weighted by atomic mass is 9.98. The highest BCUT2D eigenvalue weighted by Crippen LogP contribution is 2.35. The Morgan fingerprint density at radius 2 is 2.06 bits per heavy atom. The fourth-order valence-electron chi connectivity index (χ4n) is 4.68. The molecule has 2 aromatic heterocycles. The topological polar surface area (TPSA) is 112 Å². The molecule has 1 saturated heterocycles. The van der Waals surface area contributed by atoms with Crippen LogP contribution >= 0.6 is 0 Å². The Labute approximate surface area is 192 Å². The van der Waals surface area contributed by atoms with Gasteiger partial charge in [-0.25, -0.2) is 0 Å². The second-order valence-corrected chi connectivity index (χ2v) is 8.37. The van der Waals surface area contributed by atoms with E-state index in [9.17, 15) is 9.59 Å². The average molecular weight is 454 g/mol. The van der Waals surface area contributed by atoms with Crippen LogP contribution in [0.25, 0.3) is 10.9 Å². The van der Waals surface area contributed by atoms with Gasteiger partial charge in [-0.05, 0) is 51.3 Å². The van der Waals surface area contributed by atoms with E-state index in [1.54, 1.807) is 13.0 Å². The van der Waals surface area contributed by atoms with Crippen LogP contribution in [0, 0.1) is 13.8 Å². The molecule has 0 atom stereocenters. The van der Waals surface area contributed by atoms with Gasteiger partial charge in [-0.3, -0.25) is 14.7 Å². The lowest BCUT2D eigenvalue weighted by Crippen LogP contribution is -2.40. The Kier molecular flexibility index (Phi) is 6.69. The number of amides is 1. The third-order valence-electron chi connectivity index (χ3n) is 6.35. The first-order chi connectivity index (χ1) is 15.9. The van der Waals surface area contributed by atoms with Gasteiger partial charge < -0.3 is 24.7 Å². The highest BCUT2D eigenvalue weighted by Gasteiger charge is 2.26. The zero-order valence-corrected chi connectivity index (χ0v) is 19.6. The van der Waals surface area contributed by atoms with E-state index >= 15 is 0 Å². The zero-order valence-electron chi connectivity index (χ0n) is 19.6. The lowest BCUT2D eigenvalue weighted by molar-refractivity contribution is 0.0846. The van der Waals surface area contributed by atoms with Crippen molar-refractivity contribution in [3.63, 3.8) is 0 Å². The summed E-state index contributed by atoms with van der Waals surface area (Å²) in [4.78, 5) is 30.8. The zero-order chi connectivity index (χ0) is 23.5. The molecular formula is C24H31N5O4. The van der Waals surface area contributed by atoms with E-state index < -0.39 is 0 Å². The molecular weight excluding hydrogens is 422 g/mol. The molecule has 3 N–H and O–H groups in total. The molecule has 176 valence electrons. The smallest absolute Gasteiger partial charge is 0.256 e. The number of H-pyrrole nitrogens is 2. The number of pyridine rings is 1. The number of aromatic amines is 2. The highest BCUT2D eigenvalue weighted by atomic mass is 16.5. The minimum atomic E-state index is -0.273. The number of aryl methyl sites for hydroxylation is 1. The first kappa shape index (κ1) is 22.8. The molecule has 3 aromatic rings. The molecule has 9 heteroatoms. The van der Waals surface area contributed by atoms with Gasteiger partial charge in [0.15, 0.2) is 0 Å². The van der Waals surface area contributed by atoms with Crippen molar-refractivity contribution in [1.82, 2.24) is 20.5 Å². The predicted molar refractivity (Wildman–Crippen MR) is 127 cm³/mol. The number of hydrogen-bond acceptors (Lipinski definition) is 6. The van der Waals surface area contributed by atoms with Crippen LogP contribution in [0.1, 0.15) is 46.9 Å². The number of fused-ring (bicyclic) bond motifs is 1. The maximum absolute atomic E-state index is 13.3. The number of aromatic nitrogens is 3. The first-order valence-corrected chi connectivity index (χ1v) is 11.3. The molecule has 1 aliphatic rings.